The second kappa shape index (κ2) is 9.94. The SMILES string of the molecule is CCCCC(CCCC)N1CCC(N2C(=O)CC(=O)Nc3nc(C4=C[CH]4)ccc32)CC1.[HH]. The molecule has 0 bridgehead atoms. The Balaban J connectivity index is 0.00000289. The monoisotopic (exact) mass is 425 g/mol. The Bertz CT molecular complexity index is 840. The molecule has 1 saturated heterocycles. The molecule has 6 nitrogen and oxygen atoms in total. The second-order valence-corrected chi connectivity index (χ2v) is 9.05. The first kappa shape index (κ1) is 22.0. The number of fused-ring (bicyclic) bond motifs is 1. The summed E-state index contributed by atoms with van der Waals surface area (Å²) in [5, 5.41) is 2.85. The molecule has 1 aromatic heterocycles. The summed E-state index contributed by atoms with van der Waals surface area (Å²) in [6, 6.07) is 4.68. The average Bonchev–Trinajstić information content (AvgIpc) is 3.61. The Hall–Kier alpha value is -2.21. The maximum atomic E-state index is 13.0. The average molecular weight is 426 g/mol. The summed E-state index contributed by atoms with van der Waals surface area (Å²) < 4.78 is 0. The highest BCUT2D eigenvalue weighted by atomic mass is 16.2. The number of carbonyl (C=O) groups is 2. The number of rotatable bonds is 9. The highest BCUT2D eigenvalue weighted by Gasteiger charge is 2.35. The van der Waals surface area contributed by atoms with E-state index in [1.165, 1.54) is 38.5 Å². The Morgan fingerprint density at radius 1 is 1.13 bits per heavy atom. The highest BCUT2D eigenvalue weighted by Crippen LogP contribution is 2.36. The van der Waals surface area contributed by atoms with Crippen molar-refractivity contribution in [3.05, 3.63) is 30.3 Å². The van der Waals surface area contributed by atoms with E-state index in [-0.39, 0.29) is 25.7 Å². The van der Waals surface area contributed by atoms with Crippen LogP contribution in [0.4, 0.5) is 11.5 Å². The molecule has 0 atom stereocenters. The van der Waals surface area contributed by atoms with Crippen molar-refractivity contribution in [2.75, 3.05) is 23.3 Å². The molecule has 1 radical (unpaired) electrons. The topological polar surface area (TPSA) is 65.5 Å². The fourth-order valence-corrected chi connectivity index (χ4v) is 4.94. The maximum absolute atomic E-state index is 13.0. The van der Waals surface area contributed by atoms with E-state index in [2.05, 4.69) is 29.0 Å². The third-order valence-corrected chi connectivity index (χ3v) is 6.76. The molecule has 2 amide bonds. The molecule has 3 aliphatic rings. The van der Waals surface area contributed by atoms with Crippen molar-refractivity contribution in [3.63, 3.8) is 0 Å². The quantitative estimate of drug-likeness (QED) is 0.576. The Morgan fingerprint density at radius 3 is 2.42 bits per heavy atom. The number of hydrogen-bond donors (Lipinski definition) is 1. The highest BCUT2D eigenvalue weighted by molar-refractivity contribution is 6.14. The van der Waals surface area contributed by atoms with Crippen LogP contribution in [0.15, 0.2) is 18.2 Å². The number of aromatic nitrogens is 1. The van der Waals surface area contributed by atoms with Crippen molar-refractivity contribution in [1.82, 2.24) is 9.88 Å². The van der Waals surface area contributed by atoms with Crippen LogP contribution >= 0.6 is 0 Å². The van der Waals surface area contributed by atoms with Crippen molar-refractivity contribution in [2.24, 2.45) is 0 Å². The number of nitrogens with zero attached hydrogens (tertiary/aromatic N) is 3. The number of pyridine rings is 1. The van der Waals surface area contributed by atoms with E-state index >= 15 is 0 Å². The smallest absolute Gasteiger partial charge is 0.236 e. The molecule has 169 valence electrons. The lowest BCUT2D eigenvalue weighted by Crippen LogP contribution is -2.50. The van der Waals surface area contributed by atoms with E-state index < -0.39 is 0 Å². The summed E-state index contributed by atoms with van der Waals surface area (Å²) in [6.07, 6.45) is 13.3. The summed E-state index contributed by atoms with van der Waals surface area (Å²) >= 11 is 0. The van der Waals surface area contributed by atoms with Crippen LogP contribution in [0.1, 0.15) is 78.8 Å². The van der Waals surface area contributed by atoms with Crippen molar-refractivity contribution in [3.8, 4) is 0 Å². The number of amides is 2. The Morgan fingerprint density at radius 2 is 1.81 bits per heavy atom. The lowest BCUT2D eigenvalue weighted by Gasteiger charge is -2.41. The van der Waals surface area contributed by atoms with Gasteiger partial charge in [-0.25, -0.2) is 4.98 Å². The van der Waals surface area contributed by atoms with Gasteiger partial charge in [0.05, 0.1) is 11.4 Å². The molecule has 0 aromatic carbocycles. The minimum absolute atomic E-state index is 0. The minimum Gasteiger partial charge on any atom is -0.308 e. The molecular weight excluding hydrogens is 388 g/mol. The molecular formula is C25H37N4O2. The van der Waals surface area contributed by atoms with Crippen molar-refractivity contribution in [2.45, 2.75) is 83.7 Å². The molecule has 1 aromatic rings. The minimum atomic E-state index is -0.274. The van der Waals surface area contributed by atoms with Gasteiger partial charge in [0.15, 0.2) is 5.82 Å². The summed E-state index contributed by atoms with van der Waals surface area (Å²) in [5.74, 6) is 0.125. The van der Waals surface area contributed by atoms with Crippen molar-refractivity contribution in [1.29, 1.82) is 0 Å². The fraction of sp³-hybridized carbons (Fsp3) is 0.600. The van der Waals surface area contributed by atoms with Crippen LogP contribution in [0.25, 0.3) is 5.57 Å². The summed E-state index contributed by atoms with van der Waals surface area (Å²) in [6.45, 7) is 6.55. The lowest BCUT2D eigenvalue weighted by atomic mass is 9.96. The third-order valence-electron chi connectivity index (χ3n) is 6.76. The number of allylic oxidation sites excluding steroid dienone is 2. The van der Waals surface area contributed by atoms with Crippen LogP contribution in [0.2, 0.25) is 0 Å². The standard InChI is InChI=1S/C25H35N4O2.H2/c1-3-5-7-19(8-6-4-2)28-15-13-20(14-16-28)29-22-12-11-21(18-9-10-18)26-25(22)27-23(30)17-24(29)31;/h9-12,19-20H,3-8,13-17H2,1-2H3,(H,26,27,30);1H. The first-order valence-electron chi connectivity index (χ1n) is 12.0. The second-order valence-electron chi connectivity index (χ2n) is 9.05. The number of likely N-dealkylation sites (tertiary alicyclic amines) is 1. The van der Waals surface area contributed by atoms with Crippen molar-refractivity contribution < 1.29 is 11.0 Å². The van der Waals surface area contributed by atoms with Crippen LogP contribution < -0.4 is 10.2 Å². The molecule has 3 heterocycles. The number of carbonyl (C=O) groups excluding carboxylic acids is 2. The van der Waals surface area contributed by atoms with Gasteiger partial charge in [-0.2, -0.15) is 0 Å². The molecule has 0 saturated carbocycles. The predicted molar refractivity (Wildman–Crippen MR) is 127 cm³/mol. The number of unbranched alkanes of at least 4 members (excludes halogenated alkanes) is 2. The number of nitrogens with one attached hydrogen (secondary N) is 1. The van der Waals surface area contributed by atoms with E-state index in [0.717, 1.165) is 42.9 Å². The maximum Gasteiger partial charge on any atom is 0.236 e. The summed E-state index contributed by atoms with van der Waals surface area (Å²) in [4.78, 5) is 34.5. The zero-order valence-electron chi connectivity index (χ0n) is 18.9. The number of anilines is 2. The van der Waals surface area contributed by atoms with Crippen LogP contribution in [0.5, 0.6) is 0 Å². The van der Waals surface area contributed by atoms with Gasteiger partial charge in [0, 0.05) is 33.0 Å². The van der Waals surface area contributed by atoms with Gasteiger partial charge in [-0.05, 0) is 43.4 Å². The zero-order chi connectivity index (χ0) is 21.8. The molecule has 0 unspecified atom stereocenters. The summed E-state index contributed by atoms with van der Waals surface area (Å²) in [7, 11) is 0. The molecule has 1 N–H and O–H groups in total. The first-order valence-corrected chi connectivity index (χ1v) is 12.0. The third kappa shape index (κ3) is 5.17. The van der Waals surface area contributed by atoms with Gasteiger partial charge in [0.1, 0.15) is 6.42 Å². The van der Waals surface area contributed by atoms with E-state index in [1.54, 1.807) is 0 Å². The Labute approximate surface area is 187 Å². The van der Waals surface area contributed by atoms with Crippen LogP contribution in [0.3, 0.4) is 0 Å². The first-order chi connectivity index (χ1) is 15.1. The largest absolute Gasteiger partial charge is 0.308 e. The normalized spacial score (nSPS) is 19.8. The van der Waals surface area contributed by atoms with E-state index in [4.69, 9.17) is 0 Å². The molecule has 0 spiro atoms. The summed E-state index contributed by atoms with van der Waals surface area (Å²) in [5.41, 5.74) is 2.67. The van der Waals surface area contributed by atoms with Crippen LogP contribution in [0, 0.1) is 6.42 Å². The van der Waals surface area contributed by atoms with Crippen molar-refractivity contribution >= 4 is 28.9 Å². The number of piperidine rings is 1. The predicted octanol–water partition coefficient (Wildman–Crippen LogP) is 4.82. The van der Waals surface area contributed by atoms with Crippen LogP contribution in [-0.2, 0) is 9.59 Å². The fourth-order valence-electron chi connectivity index (χ4n) is 4.94. The Kier molecular flexibility index (Phi) is 7.06. The zero-order valence-corrected chi connectivity index (χ0v) is 18.9. The lowest BCUT2D eigenvalue weighted by molar-refractivity contribution is -0.125. The van der Waals surface area contributed by atoms with Gasteiger partial charge in [-0.15, -0.1) is 0 Å². The molecule has 31 heavy (non-hydrogen) atoms. The molecule has 1 fully saturated rings. The van der Waals surface area contributed by atoms with Gasteiger partial charge in [0.25, 0.3) is 0 Å². The molecule has 4 rings (SSSR count). The number of hydrogen-bond acceptors (Lipinski definition) is 4. The van der Waals surface area contributed by atoms with Crippen LogP contribution in [-0.4, -0.2) is 46.9 Å². The van der Waals surface area contributed by atoms with Gasteiger partial charge >= 0.3 is 0 Å². The molecule has 1 aliphatic carbocycles. The van der Waals surface area contributed by atoms with Gasteiger partial charge in [0.2, 0.25) is 11.8 Å². The van der Waals surface area contributed by atoms with E-state index in [9.17, 15) is 9.59 Å². The molecule has 6 heteroatoms. The van der Waals surface area contributed by atoms with E-state index in [1.807, 2.05) is 29.5 Å². The van der Waals surface area contributed by atoms with Gasteiger partial charge in [-0.1, -0.05) is 45.6 Å². The van der Waals surface area contributed by atoms with Gasteiger partial charge < -0.3 is 15.1 Å². The van der Waals surface area contributed by atoms with E-state index in [0.29, 0.717) is 11.9 Å². The molecule has 2 aliphatic heterocycles. The van der Waals surface area contributed by atoms with Gasteiger partial charge in [-0.3, -0.25) is 9.59 Å².